The van der Waals surface area contributed by atoms with Gasteiger partial charge in [-0.3, -0.25) is 4.79 Å². The number of pyridine rings is 1. The smallest absolute Gasteiger partial charge is 0.264 e. The van der Waals surface area contributed by atoms with Crippen molar-refractivity contribution in [2.24, 2.45) is 0 Å². The van der Waals surface area contributed by atoms with Gasteiger partial charge in [0, 0.05) is 11.9 Å². The van der Waals surface area contributed by atoms with Crippen LogP contribution in [0, 0.1) is 0 Å². The second-order valence-electron chi connectivity index (χ2n) is 5.43. The van der Waals surface area contributed by atoms with Crippen LogP contribution in [0.4, 0.5) is 0 Å². The number of aromatic hydroxyl groups is 1. The fraction of sp³-hybridized carbons (Fsp3) is 0.438. The summed E-state index contributed by atoms with van der Waals surface area (Å²) in [7, 11) is 0. The lowest BCUT2D eigenvalue weighted by molar-refractivity contribution is -0.698. The Labute approximate surface area is 128 Å². The molecule has 0 unspecified atom stereocenters. The Morgan fingerprint density at radius 3 is 2.64 bits per heavy atom. The van der Waals surface area contributed by atoms with Gasteiger partial charge < -0.3 is 25.2 Å². The molecule has 2 aromatic rings. The summed E-state index contributed by atoms with van der Waals surface area (Å²) in [5, 5.41) is 31.2. The zero-order chi connectivity index (χ0) is 16.3. The van der Waals surface area contributed by atoms with Gasteiger partial charge in [-0.25, -0.2) is 0 Å². The Morgan fingerprint density at radius 2 is 2.00 bits per heavy atom. The van der Waals surface area contributed by atoms with Crippen molar-refractivity contribution in [3.8, 4) is 5.75 Å². The molecule has 1 aromatic heterocycles. The molecule has 1 heterocycles. The molecule has 0 bridgehead atoms. The van der Waals surface area contributed by atoms with E-state index in [2.05, 4.69) is 0 Å². The number of rotatable bonds is 6. The molecule has 0 spiro atoms. The summed E-state index contributed by atoms with van der Waals surface area (Å²) in [6.45, 7) is 4.13. The van der Waals surface area contributed by atoms with Crippen molar-refractivity contribution in [1.29, 1.82) is 0 Å². The summed E-state index contributed by atoms with van der Waals surface area (Å²) in [6.07, 6.45) is -0.849. The Bertz CT molecular complexity index is 711. The Morgan fingerprint density at radius 1 is 1.32 bits per heavy atom. The zero-order valence-electron chi connectivity index (χ0n) is 12.9. The summed E-state index contributed by atoms with van der Waals surface area (Å²) in [4.78, 5) is 12.7. The van der Waals surface area contributed by atoms with Crippen molar-refractivity contribution < 1.29 is 20.6 Å². The number of benzene rings is 1. The molecule has 0 radical (unpaired) electrons. The molecule has 0 fully saturated rings. The predicted octanol–water partition coefficient (Wildman–Crippen LogP) is -0.295. The lowest BCUT2D eigenvalue weighted by Gasteiger charge is -2.17. The number of aromatic nitrogens is 1. The van der Waals surface area contributed by atoms with Crippen molar-refractivity contribution >= 4 is 10.9 Å². The Hall–Kier alpha value is -1.89. The molecule has 0 saturated carbocycles. The molecule has 0 aliphatic carbocycles. The largest absolute Gasteiger partial charge is 0.506 e. The average molecular weight is 307 g/mol. The first-order valence-corrected chi connectivity index (χ1v) is 7.47. The first kappa shape index (κ1) is 16.5. The molecule has 0 amide bonds. The second kappa shape index (κ2) is 6.91. The van der Waals surface area contributed by atoms with Gasteiger partial charge in [-0.2, -0.15) is 0 Å². The van der Waals surface area contributed by atoms with Crippen LogP contribution in [0.2, 0.25) is 0 Å². The summed E-state index contributed by atoms with van der Waals surface area (Å²) in [5.74, 6) is -0.00691. The maximum atomic E-state index is 12.7. The molecule has 0 aliphatic heterocycles. The molecule has 6 heteroatoms. The van der Waals surface area contributed by atoms with Crippen LogP contribution in [0.3, 0.4) is 0 Å². The standard InChI is InChI=1S/C16H22N2O4/c1-3-18-13-7-5-4-6-12(13)15(21)14(16(18)22)10(2)17-8-11(20)9-19/h4-7,10-11,17,19-21H,3,8-9H2,1-2H3/p+1/t10-,11-/m1/s1. The van der Waals surface area contributed by atoms with Crippen LogP contribution >= 0.6 is 0 Å². The number of aryl methyl sites for hydroxylation is 1. The van der Waals surface area contributed by atoms with Gasteiger partial charge in [-0.15, -0.1) is 0 Å². The second-order valence-corrected chi connectivity index (χ2v) is 5.43. The zero-order valence-corrected chi connectivity index (χ0v) is 12.9. The third-order valence-corrected chi connectivity index (χ3v) is 3.92. The highest BCUT2D eigenvalue weighted by atomic mass is 16.3. The molecule has 0 aliphatic rings. The number of aliphatic hydroxyl groups is 2. The van der Waals surface area contributed by atoms with Gasteiger partial charge in [0.25, 0.3) is 5.56 Å². The van der Waals surface area contributed by atoms with Crippen LogP contribution in [0.5, 0.6) is 5.75 Å². The van der Waals surface area contributed by atoms with E-state index in [4.69, 9.17) is 5.11 Å². The highest BCUT2D eigenvalue weighted by Gasteiger charge is 2.23. The number of nitrogens with zero attached hydrogens (tertiary/aromatic N) is 1. The van der Waals surface area contributed by atoms with Crippen LogP contribution in [0.15, 0.2) is 29.1 Å². The lowest BCUT2D eigenvalue weighted by atomic mass is 10.0. The summed E-state index contributed by atoms with van der Waals surface area (Å²) in [5.41, 5.74) is 0.811. The Balaban J connectivity index is 2.51. The van der Waals surface area contributed by atoms with Crippen LogP contribution in [0.1, 0.15) is 25.5 Å². The van der Waals surface area contributed by atoms with Gasteiger partial charge in [0.15, 0.2) is 0 Å². The van der Waals surface area contributed by atoms with Crippen LogP contribution in [-0.2, 0) is 6.54 Å². The van der Waals surface area contributed by atoms with E-state index >= 15 is 0 Å². The number of hydrogen-bond acceptors (Lipinski definition) is 4. The summed E-state index contributed by atoms with van der Waals surface area (Å²) in [6, 6.07) is 6.93. The summed E-state index contributed by atoms with van der Waals surface area (Å²) < 4.78 is 1.64. The van der Waals surface area contributed by atoms with Gasteiger partial charge in [0.05, 0.1) is 12.1 Å². The average Bonchev–Trinajstić information content (AvgIpc) is 2.53. The van der Waals surface area contributed by atoms with Crippen LogP contribution < -0.4 is 10.9 Å². The highest BCUT2D eigenvalue weighted by Crippen LogP contribution is 2.28. The topological polar surface area (TPSA) is 99.3 Å². The third kappa shape index (κ3) is 2.99. The highest BCUT2D eigenvalue weighted by molar-refractivity contribution is 5.86. The van der Waals surface area contributed by atoms with E-state index < -0.39 is 6.10 Å². The molecule has 2 atom stereocenters. The minimum Gasteiger partial charge on any atom is -0.506 e. The molecule has 2 rings (SSSR count). The van der Waals surface area contributed by atoms with E-state index in [1.807, 2.05) is 25.1 Å². The minimum atomic E-state index is -0.849. The number of nitrogens with two attached hydrogens (primary N) is 1. The van der Waals surface area contributed by atoms with Gasteiger partial charge in [0.1, 0.15) is 30.0 Å². The van der Waals surface area contributed by atoms with Crippen molar-refractivity contribution in [2.75, 3.05) is 13.2 Å². The van der Waals surface area contributed by atoms with Crippen LogP contribution in [0.25, 0.3) is 10.9 Å². The molecule has 1 aromatic carbocycles. The molecule has 120 valence electrons. The number of quaternary nitrogens is 1. The van der Waals surface area contributed by atoms with Gasteiger partial charge >= 0.3 is 0 Å². The van der Waals surface area contributed by atoms with Gasteiger partial charge in [0.2, 0.25) is 0 Å². The van der Waals surface area contributed by atoms with Crippen molar-refractivity contribution in [2.45, 2.75) is 32.5 Å². The van der Waals surface area contributed by atoms with Crippen molar-refractivity contribution in [1.82, 2.24) is 4.57 Å². The van der Waals surface area contributed by atoms with E-state index in [1.54, 1.807) is 22.9 Å². The first-order valence-electron chi connectivity index (χ1n) is 7.47. The van der Waals surface area contributed by atoms with Gasteiger partial charge in [-0.1, -0.05) is 12.1 Å². The van der Waals surface area contributed by atoms with Crippen LogP contribution in [-0.4, -0.2) is 39.1 Å². The predicted molar refractivity (Wildman–Crippen MR) is 83.8 cm³/mol. The van der Waals surface area contributed by atoms with E-state index in [0.717, 1.165) is 0 Å². The SMILES string of the molecule is CCn1c(=O)c([C@@H](C)[NH2+]C[C@@H](O)CO)c(O)c2ccccc21. The van der Waals surface area contributed by atoms with Crippen molar-refractivity contribution in [3.63, 3.8) is 0 Å². The van der Waals surface area contributed by atoms with E-state index in [-0.39, 0.29) is 30.5 Å². The maximum absolute atomic E-state index is 12.7. The third-order valence-electron chi connectivity index (χ3n) is 3.92. The van der Waals surface area contributed by atoms with Gasteiger partial charge in [-0.05, 0) is 26.0 Å². The number of fused-ring (bicyclic) bond motifs is 1. The fourth-order valence-corrected chi connectivity index (χ4v) is 2.69. The Kier molecular flexibility index (Phi) is 5.18. The summed E-state index contributed by atoms with van der Waals surface area (Å²) >= 11 is 0. The number of para-hydroxylation sites is 1. The van der Waals surface area contributed by atoms with E-state index in [9.17, 15) is 15.0 Å². The minimum absolute atomic E-state index is 0.00691. The lowest BCUT2D eigenvalue weighted by Crippen LogP contribution is -2.87. The molecular formula is C16H23N2O4+. The molecule has 6 nitrogen and oxygen atoms in total. The first-order chi connectivity index (χ1) is 10.5. The number of aliphatic hydroxyl groups excluding tert-OH is 2. The maximum Gasteiger partial charge on any atom is 0.264 e. The monoisotopic (exact) mass is 307 g/mol. The van der Waals surface area contributed by atoms with E-state index in [0.29, 0.717) is 23.0 Å². The molecular weight excluding hydrogens is 284 g/mol. The van der Waals surface area contributed by atoms with E-state index in [1.165, 1.54) is 0 Å². The molecule has 0 saturated heterocycles. The normalized spacial score (nSPS) is 14.2. The fourth-order valence-electron chi connectivity index (χ4n) is 2.69. The molecule has 22 heavy (non-hydrogen) atoms. The van der Waals surface area contributed by atoms with Crippen molar-refractivity contribution in [3.05, 3.63) is 40.2 Å². The molecule has 5 N–H and O–H groups in total. The number of hydrogen-bond donors (Lipinski definition) is 4. The quantitative estimate of drug-likeness (QED) is 0.589.